The van der Waals surface area contributed by atoms with E-state index < -0.39 is 0 Å². The van der Waals surface area contributed by atoms with Crippen molar-refractivity contribution in [2.24, 2.45) is 40.4 Å². The van der Waals surface area contributed by atoms with E-state index in [1.165, 1.54) is 44.9 Å². The zero-order valence-corrected chi connectivity index (χ0v) is 21.0. The van der Waals surface area contributed by atoms with Crippen molar-refractivity contribution in [3.05, 3.63) is 23.3 Å². The van der Waals surface area contributed by atoms with Gasteiger partial charge in [0.15, 0.2) is 0 Å². The summed E-state index contributed by atoms with van der Waals surface area (Å²) in [6.45, 7) is 14.0. The molecule has 0 aromatic rings. The molecule has 4 aliphatic carbocycles. The Labute approximate surface area is 191 Å². The van der Waals surface area contributed by atoms with Crippen LogP contribution in [0.2, 0.25) is 0 Å². The summed E-state index contributed by atoms with van der Waals surface area (Å²) in [6.07, 6.45) is 17.9. The monoisotopic (exact) mass is 426 g/mol. The normalized spacial score (nSPS) is 40.4. The first kappa shape index (κ1) is 23.1. The minimum absolute atomic E-state index is 0.0863. The molecule has 0 bridgehead atoms. The first-order valence-electron chi connectivity index (χ1n) is 13.2. The van der Waals surface area contributed by atoms with Gasteiger partial charge in [0.05, 0.1) is 0 Å². The van der Waals surface area contributed by atoms with Gasteiger partial charge in [-0.05, 0) is 78.9 Å². The molecule has 0 aromatic carbocycles. The van der Waals surface area contributed by atoms with E-state index in [1.807, 2.05) is 0 Å². The molecule has 2 nitrogen and oxygen atoms in total. The molecule has 0 unspecified atom stereocenters. The minimum atomic E-state index is -0.130. The smallest absolute Gasteiger partial charge is 0.302 e. The largest absolute Gasteiger partial charge is 0.462 e. The summed E-state index contributed by atoms with van der Waals surface area (Å²) < 4.78 is 5.59. The number of fused-ring (bicyclic) bond motifs is 5. The van der Waals surface area contributed by atoms with Crippen molar-refractivity contribution >= 4 is 5.97 Å². The van der Waals surface area contributed by atoms with Crippen LogP contribution >= 0.6 is 0 Å². The molecule has 0 aromatic heterocycles. The highest BCUT2D eigenvalue weighted by Crippen LogP contribution is 2.66. The number of hydrogen-bond donors (Lipinski definition) is 0. The number of allylic oxidation sites excluding steroid dienone is 3. The number of esters is 1. The highest BCUT2D eigenvalue weighted by Gasteiger charge is 2.57. The van der Waals surface area contributed by atoms with Crippen LogP contribution in [0.1, 0.15) is 106 Å². The van der Waals surface area contributed by atoms with Crippen LogP contribution in [-0.2, 0) is 9.53 Å². The fourth-order valence-electron chi connectivity index (χ4n) is 8.33. The van der Waals surface area contributed by atoms with Gasteiger partial charge in [-0.2, -0.15) is 0 Å². The maximum atomic E-state index is 11.5. The van der Waals surface area contributed by atoms with E-state index in [0.717, 1.165) is 42.9 Å². The van der Waals surface area contributed by atoms with Crippen LogP contribution < -0.4 is 0 Å². The van der Waals surface area contributed by atoms with Crippen LogP contribution in [-0.4, -0.2) is 12.1 Å². The molecule has 0 radical (unpaired) electrons. The average Bonchev–Trinajstić information content (AvgIpc) is 3.05. The van der Waals surface area contributed by atoms with Gasteiger partial charge in [-0.1, -0.05) is 77.2 Å². The first-order valence-corrected chi connectivity index (χ1v) is 13.2. The maximum absolute atomic E-state index is 11.5. The number of carbonyl (C=O) groups excluding carboxylic acids is 1. The SMILES string of the molecule is CC(=O)O[C@@H]1CC[C@]2(C)C(=CC=C3[C@H]4CC[C@H]([C@@H](C)CCCC(C)C)[C@]4(C)CC[C@@H]32)C1. The Bertz CT molecular complexity index is 746. The van der Waals surface area contributed by atoms with E-state index in [4.69, 9.17) is 4.74 Å². The molecule has 0 amide bonds. The van der Waals surface area contributed by atoms with Gasteiger partial charge >= 0.3 is 5.97 Å². The highest BCUT2D eigenvalue weighted by molar-refractivity contribution is 5.66. The van der Waals surface area contributed by atoms with Crippen molar-refractivity contribution in [3.63, 3.8) is 0 Å². The van der Waals surface area contributed by atoms with E-state index in [2.05, 4.69) is 46.8 Å². The van der Waals surface area contributed by atoms with E-state index in [-0.39, 0.29) is 17.5 Å². The fraction of sp³-hybridized carbons (Fsp3) is 0.828. The second kappa shape index (κ2) is 8.71. The summed E-state index contributed by atoms with van der Waals surface area (Å²) in [5, 5.41) is 0. The molecular weight excluding hydrogens is 380 g/mol. The lowest BCUT2D eigenvalue weighted by Gasteiger charge is -2.55. The molecule has 3 fully saturated rings. The third kappa shape index (κ3) is 4.18. The Morgan fingerprint density at radius 2 is 1.81 bits per heavy atom. The maximum Gasteiger partial charge on any atom is 0.302 e. The van der Waals surface area contributed by atoms with Gasteiger partial charge in [-0.3, -0.25) is 4.79 Å². The number of ether oxygens (including phenoxy) is 1. The standard InChI is InChI=1S/C29H46O2/c1-19(2)8-7-9-20(3)25-12-13-26-24-11-10-22-18-23(31-21(4)30)14-16-28(22,5)27(24)15-17-29(25,26)6/h10-11,19-20,23,25-27H,7-9,12-18H2,1-6H3/t20-,23+,25+,26+,27-,28+,29-/m0/s1. The predicted octanol–water partition coefficient (Wildman–Crippen LogP) is 7.88. The second-order valence-electron chi connectivity index (χ2n) is 12.4. The molecule has 7 atom stereocenters. The van der Waals surface area contributed by atoms with Gasteiger partial charge in [0.2, 0.25) is 0 Å². The molecule has 3 saturated carbocycles. The number of carbonyl (C=O) groups is 1. The predicted molar refractivity (Wildman–Crippen MR) is 129 cm³/mol. The Hall–Kier alpha value is -1.05. The van der Waals surface area contributed by atoms with Gasteiger partial charge in [-0.15, -0.1) is 0 Å². The lowest BCUT2D eigenvalue weighted by atomic mass is 9.50. The molecule has 174 valence electrons. The first-order chi connectivity index (χ1) is 14.6. The molecule has 2 heteroatoms. The Balaban J connectivity index is 1.51. The Kier molecular flexibility index (Phi) is 6.50. The van der Waals surface area contributed by atoms with Crippen molar-refractivity contribution in [2.45, 2.75) is 112 Å². The number of hydrogen-bond acceptors (Lipinski definition) is 2. The van der Waals surface area contributed by atoms with Gasteiger partial charge < -0.3 is 4.74 Å². The molecule has 0 N–H and O–H groups in total. The molecule has 4 rings (SSSR count). The van der Waals surface area contributed by atoms with Crippen LogP contribution in [0, 0.1) is 40.4 Å². The van der Waals surface area contributed by atoms with Crippen molar-refractivity contribution < 1.29 is 9.53 Å². The molecular formula is C29H46O2. The summed E-state index contributed by atoms with van der Waals surface area (Å²) in [4.78, 5) is 11.5. The van der Waals surface area contributed by atoms with E-state index in [0.29, 0.717) is 11.3 Å². The third-order valence-corrected chi connectivity index (χ3v) is 10.1. The van der Waals surface area contributed by atoms with Crippen molar-refractivity contribution in [2.75, 3.05) is 0 Å². The van der Waals surface area contributed by atoms with Gasteiger partial charge in [0, 0.05) is 13.3 Å². The van der Waals surface area contributed by atoms with E-state index in [1.54, 1.807) is 18.1 Å². The highest BCUT2D eigenvalue weighted by atomic mass is 16.5. The minimum Gasteiger partial charge on any atom is -0.462 e. The zero-order valence-electron chi connectivity index (χ0n) is 21.0. The van der Waals surface area contributed by atoms with Gasteiger partial charge in [-0.25, -0.2) is 0 Å². The van der Waals surface area contributed by atoms with E-state index in [9.17, 15) is 4.79 Å². The summed E-state index contributed by atoms with van der Waals surface area (Å²) >= 11 is 0. The summed E-state index contributed by atoms with van der Waals surface area (Å²) in [5.41, 5.74) is 4.10. The zero-order chi connectivity index (χ0) is 22.4. The lowest BCUT2D eigenvalue weighted by Crippen LogP contribution is -2.46. The molecule has 0 saturated heterocycles. The van der Waals surface area contributed by atoms with Crippen LogP contribution in [0.25, 0.3) is 0 Å². The Morgan fingerprint density at radius 1 is 1.03 bits per heavy atom. The van der Waals surface area contributed by atoms with Crippen LogP contribution in [0.4, 0.5) is 0 Å². The molecule has 0 aliphatic heterocycles. The van der Waals surface area contributed by atoms with Gasteiger partial charge in [0.25, 0.3) is 0 Å². The van der Waals surface area contributed by atoms with Crippen molar-refractivity contribution in [1.82, 2.24) is 0 Å². The molecule has 0 heterocycles. The van der Waals surface area contributed by atoms with Crippen molar-refractivity contribution in [3.8, 4) is 0 Å². The molecule has 4 aliphatic rings. The van der Waals surface area contributed by atoms with Crippen molar-refractivity contribution in [1.29, 1.82) is 0 Å². The number of rotatable bonds is 6. The summed E-state index contributed by atoms with van der Waals surface area (Å²) in [6, 6.07) is 0. The van der Waals surface area contributed by atoms with Gasteiger partial charge in [0.1, 0.15) is 6.10 Å². The van der Waals surface area contributed by atoms with Crippen LogP contribution in [0.5, 0.6) is 0 Å². The van der Waals surface area contributed by atoms with E-state index >= 15 is 0 Å². The second-order valence-corrected chi connectivity index (χ2v) is 12.4. The lowest BCUT2D eigenvalue weighted by molar-refractivity contribution is -0.148. The Morgan fingerprint density at radius 3 is 2.52 bits per heavy atom. The topological polar surface area (TPSA) is 26.3 Å². The summed E-state index contributed by atoms with van der Waals surface area (Å²) in [5.74, 6) is 3.94. The average molecular weight is 427 g/mol. The molecule has 31 heavy (non-hydrogen) atoms. The third-order valence-electron chi connectivity index (χ3n) is 10.1. The quantitative estimate of drug-likeness (QED) is 0.404. The molecule has 0 spiro atoms. The fourth-order valence-corrected chi connectivity index (χ4v) is 8.33. The summed E-state index contributed by atoms with van der Waals surface area (Å²) in [7, 11) is 0. The van der Waals surface area contributed by atoms with Crippen LogP contribution in [0.3, 0.4) is 0 Å². The van der Waals surface area contributed by atoms with Crippen LogP contribution in [0.15, 0.2) is 23.3 Å².